The summed E-state index contributed by atoms with van der Waals surface area (Å²) in [6.07, 6.45) is 8.23. The maximum Gasteiger partial charge on any atom is 0.344 e. The molecule has 1 aliphatic rings. The molecule has 1 aromatic carbocycles. The van der Waals surface area contributed by atoms with Gasteiger partial charge in [0.25, 0.3) is 0 Å². The molecule has 0 heterocycles. The number of hydrogen-bond acceptors (Lipinski definition) is 6. The van der Waals surface area contributed by atoms with Gasteiger partial charge in [-0.15, -0.1) is 0 Å². The number of aldehydes is 1. The number of carboxylic acid groups (broad SMARTS) is 1. The molecule has 0 unspecified atom stereocenters. The Labute approximate surface area is 210 Å². The zero-order chi connectivity index (χ0) is 26.3. The average Bonchev–Trinajstić information content (AvgIpc) is 2.81. The van der Waals surface area contributed by atoms with Crippen LogP contribution in [0.5, 0.6) is 11.5 Å². The van der Waals surface area contributed by atoms with E-state index in [1.165, 1.54) is 0 Å². The summed E-state index contributed by atoms with van der Waals surface area (Å²) in [5.74, 6) is -0.951. The summed E-state index contributed by atoms with van der Waals surface area (Å²) in [6, 6.07) is 0. The number of nitrogens with zero attached hydrogens (tertiary/aromatic N) is 1. The number of hydrogen-bond donors (Lipinski definition) is 2. The molecule has 2 N–H and O–H groups in total. The number of aliphatic carboxylic acids is 1. The van der Waals surface area contributed by atoms with Gasteiger partial charge in [-0.25, -0.2) is 9.18 Å². The number of phenols is 1. The van der Waals surface area contributed by atoms with Crippen LogP contribution >= 0.6 is 11.6 Å². The number of ether oxygens (including phenoxy) is 1. The van der Waals surface area contributed by atoms with Gasteiger partial charge in [-0.05, 0) is 50.0 Å². The molecule has 0 amide bonds. The number of benzene rings is 1. The van der Waals surface area contributed by atoms with Crippen molar-refractivity contribution in [3.05, 3.63) is 45.5 Å². The van der Waals surface area contributed by atoms with Crippen LogP contribution in [0.1, 0.15) is 62.0 Å². The van der Waals surface area contributed by atoms with Crippen molar-refractivity contribution in [1.82, 2.24) is 0 Å². The highest BCUT2D eigenvalue weighted by atomic mass is 35.5. The Morgan fingerprint density at radius 2 is 2.06 bits per heavy atom. The first-order valence-electron chi connectivity index (χ1n) is 11.4. The molecule has 192 valence electrons. The molecule has 0 saturated heterocycles. The zero-order valence-corrected chi connectivity index (χ0v) is 21.5. The third kappa shape index (κ3) is 6.42. The molecule has 1 saturated carbocycles. The molecule has 0 bridgehead atoms. The van der Waals surface area contributed by atoms with Crippen molar-refractivity contribution in [3.8, 4) is 11.5 Å². The second-order valence-electron chi connectivity index (χ2n) is 9.14. The van der Waals surface area contributed by atoms with Crippen LogP contribution < -0.4 is 4.74 Å². The van der Waals surface area contributed by atoms with Crippen LogP contribution in [0.2, 0.25) is 5.02 Å². The molecule has 0 spiro atoms. The van der Waals surface area contributed by atoms with Gasteiger partial charge in [-0.1, -0.05) is 61.3 Å². The van der Waals surface area contributed by atoms with Gasteiger partial charge in [-0.3, -0.25) is 4.79 Å². The first-order valence-corrected chi connectivity index (χ1v) is 11.8. The number of halogens is 2. The number of alkyl halides is 1. The summed E-state index contributed by atoms with van der Waals surface area (Å²) < 4.78 is 18.0. The topological polar surface area (TPSA) is 105 Å². The minimum atomic E-state index is -1.12. The summed E-state index contributed by atoms with van der Waals surface area (Å²) in [5, 5.41) is 23.5. The molecule has 7 nitrogen and oxygen atoms in total. The number of carbonyl (C=O) groups is 2. The molecular weight excluding hydrogens is 477 g/mol. The lowest BCUT2D eigenvalue weighted by atomic mass is 9.61. The van der Waals surface area contributed by atoms with Crippen molar-refractivity contribution < 1.29 is 33.8 Å². The first-order chi connectivity index (χ1) is 16.5. The van der Waals surface area contributed by atoms with Crippen molar-refractivity contribution in [2.45, 2.75) is 53.9 Å². The summed E-state index contributed by atoms with van der Waals surface area (Å²) in [4.78, 5) is 27.1. The Morgan fingerprint density at radius 1 is 1.37 bits per heavy atom. The fourth-order valence-corrected chi connectivity index (χ4v) is 4.60. The average molecular weight is 510 g/mol. The van der Waals surface area contributed by atoms with Gasteiger partial charge < -0.3 is 19.8 Å². The molecule has 0 aromatic heterocycles. The van der Waals surface area contributed by atoms with Crippen LogP contribution in [0.25, 0.3) is 0 Å². The maximum atomic E-state index is 13.0. The molecule has 9 heteroatoms. The molecule has 0 radical (unpaired) electrons. The Bertz CT molecular complexity index is 1050. The number of carbonyl (C=O) groups excluding carboxylic acids is 1. The molecule has 0 aliphatic heterocycles. The molecule has 35 heavy (non-hydrogen) atoms. The molecule has 3 atom stereocenters. The quantitative estimate of drug-likeness (QED) is 0.226. The van der Waals surface area contributed by atoms with Crippen LogP contribution in [0, 0.1) is 24.2 Å². The molecular formula is C26H33ClFNO6. The van der Waals surface area contributed by atoms with E-state index in [0.29, 0.717) is 17.8 Å². The van der Waals surface area contributed by atoms with Crippen molar-refractivity contribution in [3.63, 3.8) is 0 Å². The Kier molecular flexibility index (Phi) is 9.89. The highest BCUT2D eigenvalue weighted by molar-refractivity contribution is 6.33. The van der Waals surface area contributed by atoms with E-state index in [-0.39, 0.29) is 45.4 Å². The molecule has 1 aromatic rings. The Morgan fingerprint density at radius 3 is 2.66 bits per heavy atom. The van der Waals surface area contributed by atoms with Crippen molar-refractivity contribution in [2.24, 2.45) is 22.4 Å². The van der Waals surface area contributed by atoms with Gasteiger partial charge in [0.15, 0.2) is 6.29 Å². The van der Waals surface area contributed by atoms with E-state index in [0.717, 1.165) is 24.1 Å². The normalized spacial score (nSPS) is 24.1. The van der Waals surface area contributed by atoms with Gasteiger partial charge >= 0.3 is 5.97 Å². The lowest BCUT2D eigenvalue weighted by Gasteiger charge is -2.43. The lowest BCUT2D eigenvalue weighted by molar-refractivity contribution is -0.142. The van der Waals surface area contributed by atoms with Gasteiger partial charge in [0.05, 0.1) is 16.3 Å². The summed E-state index contributed by atoms with van der Waals surface area (Å²) >= 11 is 6.28. The second kappa shape index (κ2) is 12.2. The maximum absolute atomic E-state index is 13.0. The number of oxime groups is 1. The monoisotopic (exact) mass is 509 g/mol. The predicted octanol–water partition coefficient (Wildman–Crippen LogP) is 6.05. The largest absolute Gasteiger partial charge is 0.507 e. The number of aromatic hydroxyl groups is 1. The van der Waals surface area contributed by atoms with Gasteiger partial charge in [-0.2, -0.15) is 0 Å². The minimum Gasteiger partial charge on any atom is -0.507 e. The molecule has 1 aliphatic carbocycles. The van der Waals surface area contributed by atoms with E-state index < -0.39 is 19.4 Å². The smallest absolute Gasteiger partial charge is 0.344 e. The van der Waals surface area contributed by atoms with E-state index in [9.17, 15) is 19.1 Å². The number of rotatable bonds is 10. The van der Waals surface area contributed by atoms with Gasteiger partial charge in [0, 0.05) is 11.5 Å². The predicted molar refractivity (Wildman–Crippen MR) is 133 cm³/mol. The fourth-order valence-electron chi connectivity index (χ4n) is 4.33. The zero-order valence-electron chi connectivity index (χ0n) is 20.7. The lowest BCUT2D eigenvalue weighted by Crippen LogP contribution is -2.40. The third-order valence-corrected chi connectivity index (χ3v) is 7.55. The second-order valence-corrected chi connectivity index (χ2v) is 9.52. The van der Waals surface area contributed by atoms with E-state index in [4.69, 9.17) is 26.3 Å². The van der Waals surface area contributed by atoms with Gasteiger partial charge in [0.1, 0.15) is 11.5 Å². The Hall–Kier alpha value is -2.87. The van der Waals surface area contributed by atoms with Crippen LogP contribution in [0.3, 0.4) is 0 Å². The van der Waals surface area contributed by atoms with Crippen LogP contribution in [0.15, 0.2) is 29.0 Å². The van der Waals surface area contributed by atoms with Crippen molar-refractivity contribution >= 4 is 29.6 Å². The first kappa shape index (κ1) is 28.4. The highest BCUT2D eigenvalue weighted by Crippen LogP contribution is 2.45. The summed E-state index contributed by atoms with van der Waals surface area (Å²) in [7, 11) is 0. The molecule has 2 rings (SSSR count). The summed E-state index contributed by atoms with van der Waals surface area (Å²) in [6.45, 7) is 8.21. The molecule has 1 fully saturated rings. The van der Waals surface area contributed by atoms with Crippen LogP contribution in [0.4, 0.5) is 4.39 Å². The van der Waals surface area contributed by atoms with Gasteiger partial charge in [0.2, 0.25) is 13.5 Å². The highest BCUT2D eigenvalue weighted by Gasteiger charge is 2.41. The Balaban J connectivity index is 2.30. The summed E-state index contributed by atoms with van der Waals surface area (Å²) in [5.41, 5.74) is 2.07. The van der Waals surface area contributed by atoms with E-state index in [1.807, 2.05) is 19.1 Å². The number of carboxylic acids is 1. The fraction of sp³-hybridized carbons (Fsp3) is 0.500. The van der Waals surface area contributed by atoms with Crippen molar-refractivity contribution in [2.75, 3.05) is 13.5 Å². The number of phenolic OH excluding ortho intramolecular Hbond substituents is 1. The third-order valence-electron chi connectivity index (χ3n) is 7.10. The minimum absolute atomic E-state index is 0.0199. The number of allylic oxidation sites excluding steroid dienone is 4. The van der Waals surface area contributed by atoms with Crippen LogP contribution in [-0.2, 0) is 16.1 Å². The van der Waals surface area contributed by atoms with Crippen LogP contribution in [-0.4, -0.2) is 41.6 Å². The SMILES string of the molecule is CC(/C=C/[C@@]1(C)[C@H](C)CCC(=NOCC(=O)O)[C@@H]1C)=C\Cc1c(O)c(C=O)c(C)c(Cl)c1OCF. The van der Waals surface area contributed by atoms with Crippen molar-refractivity contribution in [1.29, 1.82) is 0 Å². The van der Waals surface area contributed by atoms with E-state index in [1.54, 1.807) is 6.92 Å². The standard InChI is InChI=1S/C26H33ClFNO6/c1-15(6-8-19-24(33)20(12-30)17(3)23(27)25(19)34-14-28)10-11-26(5)16(2)7-9-21(18(26)4)29-35-13-22(31)32/h6,10-12,16,18,33H,7-9,13-14H2,1-5H3,(H,31,32)/b11-10+,15-6+,29-21?/t16-,18+,26+/m1/s1. The van der Waals surface area contributed by atoms with E-state index >= 15 is 0 Å². The van der Waals surface area contributed by atoms with E-state index in [2.05, 4.69) is 32.0 Å².